The molecular formula is C63H98O6. The number of carbonyl (C=O) groups excluding carboxylic acids is 3. The van der Waals surface area contributed by atoms with Crippen LogP contribution in [0.4, 0.5) is 0 Å². The van der Waals surface area contributed by atoms with Crippen LogP contribution < -0.4 is 0 Å². The van der Waals surface area contributed by atoms with Crippen molar-refractivity contribution in [1.29, 1.82) is 0 Å². The van der Waals surface area contributed by atoms with Crippen LogP contribution in [0.15, 0.2) is 146 Å². The summed E-state index contributed by atoms with van der Waals surface area (Å²) < 4.78 is 16.7. The Bertz CT molecular complexity index is 1560. The molecular weight excluding hydrogens is 853 g/mol. The van der Waals surface area contributed by atoms with Crippen molar-refractivity contribution in [1.82, 2.24) is 0 Å². The van der Waals surface area contributed by atoms with E-state index in [1.165, 1.54) is 77.0 Å². The van der Waals surface area contributed by atoms with Crippen LogP contribution in [0.1, 0.15) is 213 Å². The number of hydrogen-bond donors (Lipinski definition) is 0. The molecule has 0 amide bonds. The third kappa shape index (κ3) is 54.1. The molecule has 0 spiro atoms. The van der Waals surface area contributed by atoms with Crippen LogP contribution in [-0.2, 0) is 28.6 Å². The molecule has 0 aromatic heterocycles. The largest absolute Gasteiger partial charge is 0.462 e. The predicted octanol–water partition coefficient (Wildman–Crippen LogP) is 18.4. The summed E-state index contributed by atoms with van der Waals surface area (Å²) in [6.45, 7) is 6.24. The van der Waals surface area contributed by atoms with E-state index in [1.807, 2.05) is 48.6 Å². The molecule has 0 fully saturated rings. The van der Waals surface area contributed by atoms with E-state index in [0.717, 1.165) is 89.9 Å². The Kier molecular flexibility index (Phi) is 52.1. The molecule has 0 aliphatic heterocycles. The van der Waals surface area contributed by atoms with Gasteiger partial charge in [0.15, 0.2) is 6.10 Å². The Morgan fingerprint density at radius 1 is 0.319 bits per heavy atom. The molecule has 0 saturated heterocycles. The Balaban J connectivity index is 4.56. The van der Waals surface area contributed by atoms with Gasteiger partial charge in [-0.25, -0.2) is 0 Å². The lowest BCUT2D eigenvalue weighted by Gasteiger charge is -2.18. The van der Waals surface area contributed by atoms with Crippen LogP contribution in [0, 0.1) is 0 Å². The number of hydrogen-bond acceptors (Lipinski definition) is 6. The van der Waals surface area contributed by atoms with Crippen LogP contribution in [-0.4, -0.2) is 37.2 Å². The summed E-state index contributed by atoms with van der Waals surface area (Å²) in [4.78, 5) is 38.1. The van der Waals surface area contributed by atoms with Gasteiger partial charge in [0.1, 0.15) is 13.2 Å². The molecule has 0 N–H and O–H groups in total. The molecule has 0 radical (unpaired) electrons. The molecule has 1 unspecified atom stereocenters. The molecule has 0 bridgehead atoms. The van der Waals surface area contributed by atoms with Crippen LogP contribution in [0.5, 0.6) is 0 Å². The summed E-state index contributed by atoms with van der Waals surface area (Å²) >= 11 is 0. The molecule has 0 saturated carbocycles. The lowest BCUT2D eigenvalue weighted by atomic mass is 10.1. The Morgan fingerprint density at radius 3 is 1.14 bits per heavy atom. The quantitative estimate of drug-likeness (QED) is 0.0199. The molecule has 1 atom stereocenters. The van der Waals surface area contributed by atoms with Gasteiger partial charge in [0.05, 0.1) is 0 Å². The van der Waals surface area contributed by atoms with Crippen molar-refractivity contribution < 1.29 is 28.6 Å². The number of ether oxygens (including phenoxy) is 3. The fraction of sp³-hybridized carbons (Fsp3) is 0.571. The molecule has 0 heterocycles. The minimum atomic E-state index is -0.833. The van der Waals surface area contributed by atoms with Gasteiger partial charge in [0.25, 0.3) is 0 Å². The average Bonchev–Trinajstić information content (AvgIpc) is 3.35. The molecule has 0 aliphatic rings. The third-order valence-electron chi connectivity index (χ3n) is 10.9. The molecule has 0 aromatic rings. The minimum Gasteiger partial charge on any atom is -0.462 e. The highest BCUT2D eigenvalue weighted by atomic mass is 16.6. The first kappa shape index (κ1) is 64.3. The van der Waals surface area contributed by atoms with Crippen LogP contribution in [0.25, 0.3) is 0 Å². The number of carbonyl (C=O) groups is 3. The zero-order valence-corrected chi connectivity index (χ0v) is 44.0. The van der Waals surface area contributed by atoms with E-state index in [4.69, 9.17) is 14.2 Å². The maximum Gasteiger partial charge on any atom is 0.306 e. The summed E-state index contributed by atoms with van der Waals surface area (Å²) in [5.74, 6) is -1.06. The average molecular weight is 951 g/mol. The Morgan fingerprint density at radius 2 is 0.667 bits per heavy atom. The minimum absolute atomic E-state index is 0.129. The highest BCUT2D eigenvalue weighted by Gasteiger charge is 2.19. The second-order valence-corrected chi connectivity index (χ2v) is 17.5. The highest BCUT2D eigenvalue weighted by Crippen LogP contribution is 2.14. The van der Waals surface area contributed by atoms with Crippen LogP contribution in [0.3, 0.4) is 0 Å². The number of rotatable bonds is 47. The SMILES string of the molecule is CC/C=C/C=C/C=C/C=C/CCCCCC(=O)OCC(COC(=O)CC/C=C/C/C=C/C/C=C/C/C=C/C/C=C/C/C=C/CC)OC(=O)CCCCCCCCCCCC/C=C/C=C/CCCCC. The monoisotopic (exact) mass is 951 g/mol. The summed E-state index contributed by atoms with van der Waals surface area (Å²) in [6.07, 6.45) is 79.9. The first-order valence-electron chi connectivity index (χ1n) is 27.4. The van der Waals surface area contributed by atoms with Crippen LogP contribution >= 0.6 is 0 Å². The fourth-order valence-corrected chi connectivity index (χ4v) is 6.88. The second kappa shape index (κ2) is 55.9. The van der Waals surface area contributed by atoms with Gasteiger partial charge < -0.3 is 14.2 Å². The van der Waals surface area contributed by atoms with Crippen molar-refractivity contribution in [2.45, 2.75) is 219 Å². The lowest BCUT2D eigenvalue weighted by molar-refractivity contribution is -0.166. The molecule has 0 rings (SSSR count). The van der Waals surface area contributed by atoms with E-state index in [0.29, 0.717) is 19.3 Å². The van der Waals surface area contributed by atoms with Gasteiger partial charge in [0.2, 0.25) is 0 Å². The fourth-order valence-electron chi connectivity index (χ4n) is 6.88. The number of esters is 3. The normalized spacial score (nSPS) is 13.3. The van der Waals surface area contributed by atoms with Gasteiger partial charge in [-0.3, -0.25) is 14.4 Å². The van der Waals surface area contributed by atoms with Gasteiger partial charge in [-0.05, 0) is 103 Å². The van der Waals surface area contributed by atoms with E-state index in [-0.39, 0.29) is 37.5 Å². The van der Waals surface area contributed by atoms with Crippen LogP contribution in [0.2, 0.25) is 0 Å². The van der Waals surface area contributed by atoms with Gasteiger partial charge in [-0.1, -0.05) is 237 Å². The van der Waals surface area contributed by atoms with Gasteiger partial charge in [0, 0.05) is 19.3 Å². The van der Waals surface area contributed by atoms with Crippen molar-refractivity contribution in [2.24, 2.45) is 0 Å². The second-order valence-electron chi connectivity index (χ2n) is 17.5. The van der Waals surface area contributed by atoms with E-state index >= 15 is 0 Å². The number of unbranched alkanes of at least 4 members (excludes halogenated alkanes) is 16. The lowest BCUT2D eigenvalue weighted by Crippen LogP contribution is -2.30. The van der Waals surface area contributed by atoms with Crippen molar-refractivity contribution in [2.75, 3.05) is 13.2 Å². The van der Waals surface area contributed by atoms with Crippen molar-refractivity contribution in [3.63, 3.8) is 0 Å². The van der Waals surface area contributed by atoms with Gasteiger partial charge in [-0.2, -0.15) is 0 Å². The summed E-state index contributed by atoms with van der Waals surface area (Å²) in [6, 6.07) is 0. The summed E-state index contributed by atoms with van der Waals surface area (Å²) in [5, 5.41) is 0. The van der Waals surface area contributed by atoms with E-state index in [9.17, 15) is 14.4 Å². The predicted molar refractivity (Wildman–Crippen MR) is 297 cm³/mol. The van der Waals surface area contributed by atoms with Gasteiger partial charge >= 0.3 is 17.9 Å². The van der Waals surface area contributed by atoms with Gasteiger partial charge in [-0.15, -0.1) is 0 Å². The molecule has 0 aromatic carbocycles. The van der Waals surface area contributed by atoms with Crippen molar-refractivity contribution in [3.8, 4) is 0 Å². The van der Waals surface area contributed by atoms with Crippen molar-refractivity contribution in [3.05, 3.63) is 146 Å². The molecule has 69 heavy (non-hydrogen) atoms. The maximum atomic E-state index is 12.8. The molecule has 386 valence electrons. The zero-order chi connectivity index (χ0) is 50.0. The van der Waals surface area contributed by atoms with E-state index < -0.39 is 6.10 Å². The van der Waals surface area contributed by atoms with E-state index in [2.05, 4.69) is 118 Å². The maximum absolute atomic E-state index is 12.8. The number of allylic oxidation sites excluding steroid dienone is 24. The first-order valence-corrected chi connectivity index (χ1v) is 27.4. The Hall–Kier alpha value is -4.71. The van der Waals surface area contributed by atoms with E-state index in [1.54, 1.807) is 0 Å². The highest BCUT2D eigenvalue weighted by molar-refractivity contribution is 5.71. The topological polar surface area (TPSA) is 78.9 Å². The molecule has 6 heteroatoms. The zero-order valence-electron chi connectivity index (χ0n) is 44.0. The molecule has 0 aliphatic carbocycles. The first-order chi connectivity index (χ1) is 34.0. The third-order valence-corrected chi connectivity index (χ3v) is 10.9. The smallest absolute Gasteiger partial charge is 0.306 e. The Labute approximate surface area is 423 Å². The molecule has 6 nitrogen and oxygen atoms in total. The summed E-state index contributed by atoms with van der Waals surface area (Å²) in [7, 11) is 0. The standard InChI is InChI=1S/C63H98O6/c1-4-7-10-13-16-19-22-25-27-29-31-33-35-38-41-44-47-50-53-56-62(65)68-59-60(58-67-61(64)55-52-49-46-43-40-37-24-21-18-15-12-9-6-3)69-63(66)57-54-51-48-45-42-39-36-34-32-30-28-26-23-20-17-14-11-8-5-2/h7,9-10,12,15-21,23-27,31,33,37-38,40-41,47,50,60H,4-6,8,11,13-14,22,28-30,32,34-36,39,42-46,48-49,51-59H2,1-3H3/b10-7+,12-9+,18-15+,19-16+,20-17+,24-21+,26-23+,27-25+,33-31+,40-37+,41-38+,50-47+. The van der Waals surface area contributed by atoms with Crippen molar-refractivity contribution >= 4 is 17.9 Å². The summed E-state index contributed by atoms with van der Waals surface area (Å²) in [5.41, 5.74) is 0.